The van der Waals surface area contributed by atoms with Crippen LogP contribution in [-0.4, -0.2) is 54.9 Å². The number of hydrogen-bond acceptors (Lipinski definition) is 7. The molecule has 0 saturated carbocycles. The lowest BCUT2D eigenvalue weighted by Gasteiger charge is -2.35. The molecule has 4 aromatic rings. The molecule has 1 amide bonds. The van der Waals surface area contributed by atoms with Crippen LogP contribution in [0.1, 0.15) is 29.1 Å². The van der Waals surface area contributed by atoms with Gasteiger partial charge in [0.05, 0.1) is 11.2 Å². The number of anilines is 1. The van der Waals surface area contributed by atoms with Gasteiger partial charge in [0.2, 0.25) is 0 Å². The first-order valence-electron chi connectivity index (χ1n) is 10.2. The molecule has 0 radical (unpaired) electrons. The van der Waals surface area contributed by atoms with Crippen molar-refractivity contribution >= 4 is 45.7 Å². The van der Waals surface area contributed by atoms with Crippen LogP contribution in [0.4, 0.5) is 10.2 Å². The van der Waals surface area contributed by atoms with E-state index in [1.165, 1.54) is 11.3 Å². The van der Waals surface area contributed by atoms with Crippen molar-refractivity contribution in [2.24, 2.45) is 0 Å². The third kappa shape index (κ3) is 4.03. The second kappa shape index (κ2) is 8.79. The fourth-order valence-electron chi connectivity index (χ4n) is 3.93. The molecule has 4 aromatic heterocycles. The van der Waals surface area contributed by atoms with Gasteiger partial charge in [-0.25, -0.2) is 24.3 Å². The molecule has 1 aliphatic rings. The average Bonchev–Trinajstić information content (AvgIpc) is 3.48. The molecule has 5 rings (SSSR count). The summed E-state index contributed by atoms with van der Waals surface area (Å²) in [5, 5.41) is 6.58. The third-order valence-electron chi connectivity index (χ3n) is 5.49. The third-order valence-corrected chi connectivity index (χ3v) is 6.46. The molecule has 8 nitrogen and oxygen atoms in total. The molecule has 2 N–H and O–H groups in total. The SMILES string of the molecule is O=C(c1nccs1)N1CCCC[C@H]1CNc1nc(-c2c[nH]c3ncc(Cl)cc23)ncc1F. The number of aromatic amines is 1. The molecular formula is C21H19ClFN7OS. The number of halogens is 2. The van der Waals surface area contributed by atoms with E-state index in [1.807, 2.05) is 4.90 Å². The van der Waals surface area contributed by atoms with E-state index in [2.05, 4.69) is 30.2 Å². The van der Waals surface area contributed by atoms with Gasteiger partial charge in [0.25, 0.3) is 5.91 Å². The lowest BCUT2D eigenvalue weighted by molar-refractivity contribution is 0.0628. The van der Waals surface area contributed by atoms with Gasteiger partial charge in [0.1, 0.15) is 5.65 Å². The predicted octanol–water partition coefficient (Wildman–Crippen LogP) is 4.38. The Morgan fingerprint density at radius 1 is 1.31 bits per heavy atom. The summed E-state index contributed by atoms with van der Waals surface area (Å²) >= 11 is 7.40. The van der Waals surface area contributed by atoms with E-state index in [-0.39, 0.29) is 17.8 Å². The number of aromatic nitrogens is 5. The van der Waals surface area contributed by atoms with Gasteiger partial charge in [-0.1, -0.05) is 11.6 Å². The summed E-state index contributed by atoms with van der Waals surface area (Å²) in [6.07, 6.45) is 8.81. The van der Waals surface area contributed by atoms with Crippen LogP contribution in [0.2, 0.25) is 5.02 Å². The zero-order valence-electron chi connectivity index (χ0n) is 16.9. The average molecular weight is 472 g/mol. The number of rotatable bonds is 5. The number of carbonyl (C=O) groups is 1. The van der Waals surface area contributed by atoms with Gasteiger partial charge in [0, 0.05) is 54.1 Å². The monoisotopic (exact) mass is 471 g/mol. The summed E-state index contributed by atoms with van der Waals surface area (Å²) in [4.78, 5) is 34.6. The zero-order chi connectivity index (χ0) is 22.1. The van der Waals surface area contributed by atoms with Crippen LogP contribution < -0.4 is 5.32 Å². The molecule has 0 aromatic carbocycles. The van der Waals surface area contributed by atoms with E-state index in [0.29, 0.717) is 40.2 Å². The molecule has 5 heterocycles. The van der Waals surface area contributed by atoms with Crippen molar-refractivity contribution < 1.29 is 9.18 Å². The number of thiazole rings is 1. The van der Waals surface area contributed by atoms with Crippen LogP contribution in [-0.2, 0) is 0 Å². The quantitative estimate of drug-likeness (QED) is 0.448. The molecule has 1 atom stereocenters. The number of H-pyrrole nitrogens is 1. The fraction of sp³-hybridized carbons (Fsp3) is 0.286. The maximum Gasteiger partial charge on any atom is 0.283 e. The normalized spacial score (nSPS) is 16.4. The highest BCUT2D eigenvalue weighted by Gasteiger charge is 2.29. The topological polar surface area (TPSA) is 99.7 Å². The summed E-state index contributed by atoms with van der Waals surface area (Å²) in [5.74, 6) is -0.202. The highest BCUT2D eigenvalue weighted by molar-refractivity contribution is 7.11. The Labute approximate surface area is 191 Å². The summed E-state index contributed by atoms with van der Waals surface area (Å²) in [7, 11) is 0. The first-order valence-corrected chi connectivity index (χ1v) is 11.5. The van der Waals surface area contributed by atoms with Crippen LogP contribution in [0.15, 0.2) is 36.2 Å². The molecule has 1 aliphatic heterocycles. The van der Waals surface area contributed by atoms with Crippen LogP contribution in [0, 0.1) is 5.82 Å². The van der Waals surface area contributed by atoms with Crippen molar-refractivity contribution in [2.45, 2.75) is 25.3 Å². The van der Waals surface area contributed by atoms with Gasteiger partial charge in [-0.05, 0) is 25.3 Å². The Kier molecular flexibility index (Phi) is 5.71. The molecule has 32 heavy (non-hydrogen) atoms. The number of hydrogen-bond donors (Lipinski definition) is 2. The Hall–Kier alpha value is -3.11. The van der Waals surface area contributed by atoms with Crippen molar-refractivity contribution in [3.05, 3.63) is 52.1 Å². The lowest BCUT2D eigenvalue weighted by Crippen LogP contribution is -2.47. The van der Waals surface area contributed by atoms with Gasteiger partial charge in [-0.15, -0.1) is 11.3 Å². The summed E-state index contributed by atoms with van der Waals surface area (Å²) < 4.78 is 14.5. The standard InChI is InChI=1S/C21H19ClFN7OS/c22-12-7-14-15(10-27-17(14)25-8-12)18-28-11-16(23)19(29-18)26-9-13-3-1-2-5-30(13)21(31)20-24-4-6-32-20/h4,6-8,10-11,13H,1-3,5,9H2,(H,25,27)(H,26,28,29)/t13-/m0/s1. The highest BCUT2D eigenvalue weighted by atomic mass is 35.5. The number of nitrogens with zero attached hydrogens (tertiary/aromatic N) is 5. The number of likely N-dealkylation sites (tertiary alicyclic amines) is 1. The maximum atomic E-state index is 14.5. The van der Waals surface area contributed by atoms with E-state index in [4.69, 9.17) is 11.6 Å². The molecule has 0 spiro atoms. The second-order valence-corrected chi connectivity index (χ2v) is 8.84. The molecular weight excluding hydrogens is 453 g/mol. The van der Waals surface area contributed by atoms with Gasteiger partial charge in [0.15, 0.2) is 22.5 Å². The van der Waals surface area contributed by atoms with Gasteiger partial charge in [-0.2, -0.15) is 0 Å². The smallest absolute Gasteiger partial charge is 0.283 e. The van der Waals surface area contributed by atoms with Gasteiger partial charge >= 0.3 is 0 Å². The largest absolute Gasteiger partial charge is 0.365 e. The second-order valence-electron chi connectivity index (χ2n) is 7.51. The summed E-state index contributed by atoms with van der Waals surface area (Å²) in [6.45, 7) is 1.04. The van der Waals surface area contributed by atoms with E-state index in [9.17, 15) is 9.18 Å². The number of fused-ring (bicyclic) bond motifs is 1. The van der Waals surface area contributed by atoms with Crippen molar-refractivity contribution in [3.63, 3.8) is 0 Å². The Balaban J connectivity index is 1.37. The first kappa shape index (κ1) is 20.8. The van der Waals surface area contributed by atoms with Gasteiger partial charge < -0.3 is 15.2 Å². The molecule has 0 bridgehead atoms. The zero-order valence-corrected chi connectivity index (χ0v) is 18.5. The molecule has 11 heteroatoms. The number of carbonyl (C=O) groups excluding carboxylic acids is 1. The Morgan fingerprint density at radius 2 is 2.22 bits per heavy atom. The maximum absolute atomic E-state index is 14.5. The minimum atomic E-state index is -0.557. The van der Waals surface area contributed by atoms with E-state index in [0.717, 1.165) is 30.8 Å². The fourth-order valence-corrected chi connectivity index (χ4v) is 4.68. The van der Waals surface area contributed by atoms with E-state index < -0.39 is 5.82 Å². The number of piperidine rings is 1. The van der Waals surface area contributed by atoms with E-state index in [1.54, 1.807) is 30.0 Å². The van der Waals surface area contributed by atoms with Crippen molar-refractivity contribution in [3.8, 4) is 11.4 Å². The number of amides is 1. The van der Waals surface area contributed by atoms with Crippen LogP contribution >= 0.6 is 22.9 Å². The van der Waals surface area contributed by atoms with Crippen LogP contribution in [0.5, 0.6) is 0 Å². The number of nitrogens with one attached hydrogen (secondary N) is 2. The van der Waals surface area contributed by atoms with Gasteiger partial charge in [-0.3, -0.25) is 4.79 Å². The van der Waals surface area contributed by atoms with Crippen molar-refractivity contribution in [2.75, 3.05) is 18.4 Å². The van der Waals surface area contributed by atoms with Crippen LogP contribution in [0.3, 0.4) is 0 Å². The van der Waals surface area contributed by atoms with Crippen molar-refractivity contribution in [1.29, 1.82) is 0 Å². The molecule has 164 valence electrons. The summed E-state index contributed by atoms with van der Waals surface area (Å²) in [6, 6.07) is 1.69. The molecule has 1 fully saturated rings. The molecule has 0 unspecified atom stereocenters. The molecule has 0 aliphatic carbocycles. The number of pyridine rings is 1. The highest BCUT2D eigenvalue weighted by Crippen LogP contribution is 2.28. The lowest BCUT2D eigenvalue weighted by atomic mass is 10.0. The van der Waals surface area contributed by atoms with Crippen LogP contribution in [0.25, 0.3) is 22.4 Å². The molecule has 1 saturated heterocycles. The minimum absolute atomic E-state index is 0.0749. The predicted molar refractivity (Wildman–Crippen MR) is 121 cm³/mol. The Morgan fingerprint density at radius 3 is 3.06 bits per heavy atom. The minimum Gasteiger partial charge on any atom is -0.365 e. The summed E-state index contributed by atoms with van der Waals surface area (Å²) in [5.41, 5.74) is 1.32. The van der Waals surface area contributed by atoms with E-state index >= 15 is 0 Å². The van der Waals surface area contributed by atoms with Crippen molar-refractivity contribution in [1.82, 2.24) is 29.8 Å². The first-order chi connectivity index (χ1) is 15.6. The Bertz CT molecular complexity index is 1260.